The molecule has 7 heteroatoms. The van der Waals surface area contributed by atoms with Crippen LogP contribution in [0.1, 0.15) is 36.9 Å². The molecule has 0 aliphatic carbocycles. The molecule has 0 radical (unpaired) electrons. The van der Waals surface area contributed by atoms with E-state index >= 15 is 0 Å². The van der Waals surface area contributed by atoms with Crippen LogP contribution in [0, 0.1) is 0 Å². The van der Waals surface area contributed by atoms with E-state index in [4.69, 9.17) is 9.47 Å². The smallest absolute Gasteiger partial charge is 0.218 e. The predicted molar refractivity (Wildman–Crippen MR) is 120 cm³/mol. The van der Waals surface area contributed by atoms with Crippen LogP contribution in [-0.2, 0) is 6.54 Å². The van der Waals surface area contributed by atoms with Crippen LogP contribution in [0.2, 0.25) is 0 Å². The number of likely N-dealkylation sites (tertiary alicyclic amines) is 1. The number of hydrogen-bond acceptors (Lipinski definition) is 5. The first-order valence-electron chi connectivity index (χ1n) is 10.6. The second-order valence-corrected chi connectivity index (χ2v) is 7.24. The first-order valence-corrected chi connectivity index (χ1v) is 10.6. The maximum absolute atomic E-state index is 5.62. The Balaban J connectivity index is 1.63. The Morgan fingerprint density at radius 3 is 2.60 bits per heavy atom. The quantitative estimate of drug-likeness (QED) is 0.488. The zero-order chi connectivity index (χ0) is 21.2. The Kier molecular flexibility index (Phi) is 8.32. The molecule has 1 aliphatic rings. The van der Waals surface area contributed by atoms with Crippen LogP contribution >= 0.6 is 0 Å². The molecular weight excluding hydrogens is 378 g/mol. The van der Waals surface area contributed by atoms with Crippen LogP contribution in [0.5, 0.6) is 11.6 Å². The first kappa shape index (κ1) is 21.9. The number of hydrogen-bond donors (Lipinski definition) is 2. The summed E-state index contributed by atoms with van der Waals surface area (Å²) in [6, 6.07) is 12.6. The Bertz CT molecular complexity index is 803. The van der Waals surface area contributed by atoms with Crippen molar-refractivity contribution in [3.63, 3.8) is 0 Å². The summed E-state index contributed by atoms with van der Waals surface area (Å²) in [4.78, 5) is 11.2. The van der Waals surface area contributed by atoms with E-state index in [1.165, 1.54) is 18.4 Å². The number of benzene rings is 1. The molecule has 162 valence electrons. The monoisotopic (exact) mass is 411 g/mol. The number of nitrogens with one attached hydrogen (secondary N) is 2. The number of nitrogens with zero attached hydrogens (tertiary/aromatic N) is 3. The fourth-order valence-corrected chi connectivity index (χ4v) is 3.76. The van der Waals surface area contributed by atoms with E-state index in [2.05, 4.69) is 37.6 Å². The third kappa shape index (κ3) is 5.86. The van der Waals surface area contributed by atoms with E-state index in [-0.39, 0.29) is 6.04 Å². The average Bonchev–Trinajstić information content (AvgIpc) is 3.32. The molecule has 0 amide bonds. The lowest BCUT2D eigenvalue weighted by molar-refractivity contribution is 0.245. The largest absolute Gasteiger partial charge is 0.497 e. The highest BCUT2D eigenvalue weighted by atomic mass is 16.5. The first-order chi connectivity index (χ1) is 14.7. The third-order valence-corrected chi connectivity index (χ3v) is 5.35. The van der Waals surface area contributed by atoms with E-state index in [0.29, 0.717) is 19.0 Å². The molecule has 3 rings (SSSR count). The summed E-state index contributed by atoms with van der Waals surface area (Å²) in [5.74, 6) is 2.31. The lowest BCUT2D eigenvalue weighted by Gasteiger charge is -2.29. The molecule has 2 N–H and O–H groups in total. The average molecular weight is 412 g/mol. The number of ether oxygens (including phenoxy) is 2. The van der Waals surface area contributed by atoms with Gasteiger partial charge in [-0.15, -0.1) is 0 Å². The zero-order valence-electron chi connectivity index (χ0n) is 18.2. The summed E-state index contributed by atoms with van der Waals surface area (Å²) in [7, 11) is 3.49. The van der Waals surface area contributed by atoms with Crippen LogP contribution in [0.25, 0.3) is 0 Å². The Morgan fingerprint density at radius 2 is 1.93 bits per heavy atom. The summed E-state index contributed by atoms with van der Waals surface area (Å²) >= 11 is 0. The summed E-state index contributed by atoms with van der Waals surface area (Å²) in [6.45, 7) is 6.17. The van der Waals surface area contributed by atoms with E-state index in [9.17, 15) is 0 Å². The van der Waals surface area contributed by atoms with Gasteiger partial charge in [0.1, 0.15) is 5.75 Å². The van der Waals surface area contributed by atoms with Gasteiger partial charge in [0, 0.05) is 31.9 Å². The Hall–Kier alpha value is -2.80. The minimum atomic E-state index is 0.286. The number of methoxy groups -OCH3 is 1. The van der Waals surface area contributed by atoms with E-state index in [1.807, 2.05) is 31.2 Å². The lowest BCUT2D eigenvalue weighted by atomic mass is 10.1. The highest BCUT2D eigenvalue weighted by Gasteiger charge is 2.23. The van der Waals surface area contributed by atoms with Crippen molar-refractivity contribution in [3.05, 3.63) is 53.7 Å². The minimum absolute atomic E-state index is 0.286. The van der Waals surface area contributed by atoms with Gasteiger partial charge in [-0.25, -0.2) is 4.98 Å². The van der Waals surface area contributed by atoms with Gasteiger partial charge in [0.2, 0.25) is 5.88 Å². The molecule has 2 aromatic rings. The number of guanidine groups is 1. The Morgan fingerprint density at radius 1 is 1.17 bits per heavy atom. The van der Waals surface area contributed by atoms with E-state index in [0.717, 1.165) is 36.9 Å². The maximum Gasteiger partial charge on any atom is 0.218 e. The molecule has 1 aromatic carbocycles. The molecule has 0 saturated carbocycles. The Labute approximate surface area is 179 Å². The third-order valence-electron chi connectivity index (χ3n) is 5.35. The summed E-state index contributed by atoms with van der Waals surface area (Å²) in [5, 5.41) is 6.88. The van der Waals surface area contributed by atoms with Crippen LogP contribution in [0.4, 0.5) is 0 Å². The van der Waals surface area contributed by atoms with Crippen molar-refractivity contribution in [1.29, 1.82) is 0 Å². The highest BCUT2D eigenvalue weighted by Crippen LogP contribution is 2.26. The van der Waals surface area contributed by atoms with Gasteiger partial charge in [-0.3, -0.25) is 9.89 Å². The van der Waals surface area contributed by atoms with Crippen molar-refractivity contribution < 1.29 is 9.47 Å². The van der Waals surface area contributed by atoms with Crippen molar-refractivity contribution in [2.45, 2.75) is 32.4 Å². The van der Waals surface area contributed by atoms with E-state index < -0.39 is 0 Å². The number of aromatic nitrogens is 1. The standard InChI is InChI=1S/C23H33N5O2/c1-4-30-22-19(8-7-13-25-22)16-26-23(24-2)27-17-21(28-14-5-6-15-28)18-9-11-20(29-3)12-10-18/h7-13,21H,4-6,14-17H2,1-3H3,(H2,24,26,27). The number of rotatable bonds is 9. The summed E-state index contributed by atoms with van der Waals surface area (Å²) in [6.07, 6.45) is 4.25. The fraction of sp³-hybridized carbons (Fsp3) is 0.478. The normalized spacial score (nSPS) is 15.6. The molecule has 1 unspecified atom stereocenters. The maximum atomic E-state index is 5.62. The predicted octanol–water partition coefficient (Wildman–Crippen LogP) is 2.99. The molecule has 2 heterocycles. The molecular formula is C23H33N5O2. The highest BCUT2D eigenvalue weighted by molar-refractivity contribution is 5.79. The zero-order valence-corrected chi connectivity index (χ0v) is 18.2. The number of aliphatic imine (C=N–C) groups is 1. The SMILES string of the molecule is CCOc1ncccc1CNC(=NC)NCC(c1ccc(OC)cc1)N1CCCC1. The molecule has 0 spiro atoms. The molecule has 7 nitrogen and oxygen atoms in total. The number of pyridine rings is 1. The second kappa shape index (κ2) is 11.4. The van der Waals surface area contributed by atoms with Crippen LogP contribution in [-0.4, -0.2) is 56.2 Å². The lowest BCUT2D eigenvalue weighted by Crippen LogP contribution is -2.42. The summed E-state index contributed by atoms with van der Waals surface area (Å²) in [5.41, 5.74) is 2.29. The molecule has 1 atom stereocenters. The second-order valence-electron chi connectivity index (χ2n) is 7.24. The molecule has 1 fully saturated rings. The molecule has 0 bridgehead atoms. The van der Waals surface area contributed by atoms with Crippen LogP contribution in [0.15, 0.2) is 47.6 Å². The van der Waals surface area contributed by atoms with E-state index in [1.54, 1.807) is 20.4 Å². The molecule has 1 saturated heterocycles. The van der Waals surface area contributed by atoms with Crippen molar-refractivity contribution >= 4 is 5.96 Å². The molecule has 30 heavy (non-hydrogen) atoms. The van der Waals surface area contributed by atoms with Crippen molar-refractivity contribution in [3.8, 4) is 11.6 Å². The van der Waals surface area contributed by atoms with Crippen LogP contribution in [0.3, 0.4) is 0 Å². The summed E-state index contributed by atoms with van der Waals surface area (Å²) < 4.78 is 10.9. The van der Waals surface area contributed by atoms with Crippen molar-refractivity contribution in [2.75, 3.05) is 40.4 Å². The van der Waals surface area contributed by atoms with Gasteiger partial charge in [0.25, 0.3) is 0 Å². The van der Waals surface area contributed by atoms with Gasteiger partial charge in [-0.05, 0) is 56.6 Å². The van der Waals surface area contributed by atoms with Gasteiger partial charge >= 0.3 is 0 Å². The van der Waals surface area contributed by atoms with Crippen molar-refractivity contribution in [1.82, 2.24) is 20.5 Å². The van der Waals surface area contributed by atoms with Gasteiger partial charge in [-0.1, -0.05) is 18.2 Å². The van der Waals surface area contributed by atoms with Crippen LogP contribution < -0.4 is 20.1 Å². The van der Waals surface area contributed by atoms with Crippen molar-refractivity contribution in [2.24, 2.45) is 4.99 Å². The fourth-order valence-electron chi connectivity index (χ4n) is 3.76. The van der Waals surface area contributed by atoms with Gasteiger partial charge < -0.3 is 20.1 Å². The van der Waals surface area contributed by atoms with Gasteiger partial charge in [-0.2, -0.15) is 0 Å². The molecule has 1 aliphatic heterocycles. The molecule has 1 aromatic heterocycles. The minimum Gasteiger partial charge on any atom is -0.497 e. The van der Waals surface area contributed by atoms with Gasteiger partial charge in [0.05, 0.1) is 19.8 Å². The van der Waals surface area contributed by atoms with Gasteiger partial charge in [0.15, 0.2) is 5.96 Å². The topological polar surface area (TPSA) is 71.0 Å².